The van der Waals surface area contributed by atoms with E-state index in [4.69, 9.17) is 13.8 Å². The van der Waals surface area contributed by atoms with Crippen LogP contribution in [0.4, 0.5) is 0 Å². The van der Waals surface area contributed by atoms with Gasteiger partial charge in [-0.05, 0) is 79.5 Å². The molecular formula is C33H31N5O4. The highest BCUT2D eigenvalue weighted by Gasteiger charge is 2.30. The van der Waals surface area contributed by atoms with Crippen LogP contribution in [0.25, 0.3) is 45.1 Å². The van der Waals surface area contributed by atoms with Gasteiger partial charge in [0.25, 0.3) is 0 Å². The molecule has 0 spiro atoms. The number of carbonyl (C=O) groups excluding carboxylic acids is 1. The number of hydrogen-bond acceptors (Lipinski definition) is 8. The zero-order valence-electron chi connectivity index (χ0n) is 24.1. The summed E-state index contributed by atoms with van der Waals surface area (Å²) in [6, 6.07) is 17.5. The van der Waals surface area contributed by atoms with Crippen molar-refractivity contribution >= 4 is 17.0 Å². The highest BCUT2D eigenvalue weighted by atomic mass is 16.4. The minimum Gasteiger partial charge on any atom is -0.439 e. The fourth-order valence-electron chi connectivity index (χ4n) is 5.47. The molecule has 1 amide bonds. The number of likely N-dealkylation sites (N-methyl/N-ethyl adjacent to an activating group) is 1. The van der Waals surface area contributed by atoms with Gasteiger partial charge in [0.2, 0.25) is 17.7 Å². The van der Waals surface area contributed by atoms with Gasteiger partial charge in [-0.15, -0.1) is 0 Å². The first-order valence-corrected chi connectivity index (χ1v) is 13.9. The van der Waals surface area contributed by atoms with E-state index in [0.717, 1.165) is 51.4 Å². The first kappa shape index (κ1) is 27.4. The van der Waals surface area contributed by atoms with Crippen LogP contribution in [0, 0.1) is 25.2 Å². The molecule has 0 unspecified atom stereocenters. The fraction of sp³-hybridized carbons (Fsp3) is 0.273. The van der Waals surface area contributed by atoms with Crippen molar-refractivity contribution in [2.75, 3.05) is 20.1 Å². The van der Waals surface area contributed by atoms with E-state index in [1.807, 2.05) is 50.1 Å². The van der Waals surface area contributed by atoms with Crippen molar-refractivity contribution in [1.29, 1.82) is 5.26 Å². The number of nitriles is 1. The average molecular weight is 562 g/mol. The fourth-order valence-corrected chi connectivity index (χ4v) is 5.47. The summed E-state index contributed by atoms with van der Waals surface area (Å²) in [6.45, 7) is 7.99. The number of rotatable bonds is 7. The first-order chi connectivity index (χ1) is 20.3. The lowest BCUT2D eigenvalue weighted by molar-refractivity contribution is -0.132. The van der Waals surface area contributed by atoms with Crippen LogP contribution in [0.15, 0.2) is 57.4 Å². The Balaban J connectivity index is 1.32. The Morgan fingerprint density at radius 3 is 2.24 bits per heavy atom. The summed E-state index contributed by atoms with van der Waals surface area (Å²) in [5.74, 6) is 1.77. The van der Waals surface area contributed by atoms with Gasteiger partial charge in [-0.1, -0.05) is 31.2 Å². The predicted molar refractivity (Wildman–Crippen MR) is 158 cm³/mol. The van der Waals surface area contributed by atoms with E-state index in [-0.39, 0.29) is 12.5 Å². The topological polar surface area (TPSA) is 120 Å². The molecule has 9 heteroatoms. The molecule has 0 bridgehead atoms. The second kappa shape index (κ2) is 10.9. The number of carbonyl (C=O) groups is 1. The van der Waals surface area contributed by atoms with Gasteiger partial charge in [-0.25, -0.2) is 9.97 Å². The van der Waals surface area contributed by atoms with E-state index in [1.165, 1.54) is 0 Å². The summed E-state index contributed by atoms with van der Waals surface area (Å²) in [5.41, 5.74) is 8.44. The minimum absolute atomic E-state index is 0.0688. The van der Waals surface area contributed by atoms with E-state index in [9.17, 15) is 15.2 Å². The standard InChI is InChI=1S/C33H31N5O4/c1-5-37(4)17-30(40)38-15-28-29(16-38)41-32(36-28)25-10-6-8-23(19(25)2)24-9-7-11-26(20(24)3)33-35-27-13-21(18-39)12-22(14-34)31(27)42-33/h6-13,39H,5,15-18H2,1-4H3. The molecule has 1 aliphatic heterocycles. The molecule has 6 rings (SSSR count). The molecule has 212 valence electrons. The van der Waals surface area contributed by atoms with Crippen molar-refractivity contribution < 1.29 is 18.7 Å². The van der Waals surface area contributed by atoms with Gasteiger partial charge < -0.3 is 18.8 Å². The van der Waals surface area contributed by atoms with Crippen molar-refractivity contribution in [1.82, 2.24) is 19.8 Å². The Bertz CT molecular complexity index is 1860. The summed E-state index contributed by atoms with van der Waals surface area (Å²) < 4.78 is 12.3. The monoisotopic (exact) mass is 561 g/mol. The maximum absolute atomic E-state index is 12.6. The quantitative estimate of drug-likeness (QED) is 0.273. The number of aliphatic hydroxyl groups is 1. The second-order valence-corrected chi connectivity index (χ2v) is 10.7. The van der Waals surface area contributed by atoms with E-state index in [2.05, 4.69) is 30.1 Å². The maximum atomic E-state index is 12.6. The molecule has 3 aromatic carbocycles. The molecular weight excluding hydrogens is 530 g/mol. The summed E-state index contributed by atoms with van der Waals surface area (Å²) in [5, 5.41) is 19.2. The van der Waals surface area contributed by atoms with Gasteiger partial charge >= 0.3 is 0 Å². The van der Waals surface area contributed by atoms with Crippen LogP contribution in [-0.4, -0.2) is 50.9 Å². The number of amides is 1. The van der Waals surface area contributed by atoms with Crippen molar-refractivity contribution in [3.8, 4) is 40.1 Å². The van der Waals surface area contributed by atoms with Crippen LogP contribution in [0.5, 0.6) is 0 Å². The van der Waals surface area contributed by atoms with Crippen molar-refractivity contribution in [3.63, 3.8) is 0 Å². The lowest BCUT2D eigenvalue weighted by Gasteiger charge is -2.19. The second-order valence-electron chi connectivity index (χ2n) is 10.7. The van der Waals surface area contributed by atoms with Crippen LogP contribution >= 0.6 is 0 Å². The Morgan fingerprint density at radius 1 is 1.00 bits per heavy atom. The lowest BCUT2D eigenvalue weighted by atomic mass is 9.91. The average Bonchev–Trinajstić information content (AvgIpc) is 3.70. The van der Waals surface area contributed by atoms with Crippen molar-refractivity contribution in [2.45, 2.75) is 40.5 Å². The SMILES string of the molecule is CCN(C)CC(=O)N1Cc2nc(-c3cccc(-c4cccc(-c5nc6cc(CO)cc(C#N)c6o5)c4C)c3C)oc2C1. The summed E-state index contributed by atoms with van der Waals surface area (Å²) >= 11 is 0. The Morgan fingerprint density at radius 2 is 1.64 bits per heavy atom. The molecule has 0 aliphatic carbocycles. The largest absolute Gasteiger partial charge is 0.439 e. The van der Waals surface area contributed by atoms with Gasteiger partial charge in [0.15, 0.2) is 5.58 Å². The van der Waals surface area contributed by atoms with Gasteiger partial charge in [0.1, 0.15) is 23.0 Å². The third kappa shape index (κ3) is 4.75. The first-order valence-electron chi connectivity index (χ1n) is 13.9. The zero-order valence-corrected chi connectivity index (χ0v) is 24.1. The Labute approximate surface area is 243 Å². The van der Waals surface area contributed by atoms with Gasteiger partial charge in [0.05, 0.1) is 31.8 Å². The Kier molecular flexibility index (Phi) is 7.11. The van der Waals surface area contributed by atoms with Gasteiger partial charge in [-0.3, -0.25) is 9.69 Å². The van der Waals surface area contributed by atoms with Crippen LogP contribution < -0.4 is 0 Å². The molecule has 0 radical (unpaired) electrons. The number of benzene rings is 3. The molecule has 0 fully saturated rings. The third-order valence-corrected chi connectivity index (χ3v) is 8.02. The smallest absolute Gasteiger partial charge is 0.237 e. The number of oxazole rings is 2. The van der Waals surface area contributed by atoms with E-state index in [0.29, 0.717) is 53.6 Å². The molecule has 1 aliphatic rings. The predicted octanol–water partition coefficient (Wildman–Crippen LogP) is 5.59. The van der Waals surface area contributed by atoms with Crippen LogP contribution in [0.2, 0.25) is 0 Å². The van der Waals surface area contributed by atoms with Gasteiger partial charge in [0, 0.05) is 11.1 Å². The number of nitrogens with zero attached hydrogens (tertiary/aromatic N) is 5. The number of aliphatic hydroxyl groups excluding tert-OH is 1. The maximum Gasteiger partial charge on any atom is 0.237 e. The molecule has 0 saturated carbocycles. The van der Waals surface area contributed by atoms with E-state index in [1.54, 1.807) is 17.0 Å². The summed E-state index contributed by atoms with van der Waals surface area (Å²) in [4.78, 5) is 25.9. The minimum atomic E-state index is -0.183. The number of fused-ring (bicyclic) bond motifs is 2. The van der Waals surface area contributed by atoms with Crippen LogP contribution in [0.3, 0.4) is 0 Å². The highest BCUT2D eigenvalue weighted by molar-refractivity contribution is 5.85. The molecule has 42 heavy (non-hydrogen) atoms. The molecule has 0 atom stereocenters. The van der Waals surface area contributed by atoms with Gasteiger partial charge in [-0.2, -0.15) is 5.26 Å². The lowest BCUT2D eigenvalue weighted by Crippen LogP contribution is -2.35. The van der Waals surface area contributed by atoms with Crippen LogP contribution in [-0.2, 0) is 24.5 Å². The highest BCUT2D eigenvalue weighted by Crippen LogP contribution is 2.38. The zero-order chi connectivity index (χ0) is 29.5. The Hall–Kier alpha value is -4.78. The molecule has 5 aromatic rings. The number of aromatic nitrogens is 2. The van der Waals surface area contributed by atoms with Crippen molar-refractivity contribution in [3.05, 3.63) is 82.2 Å². The normalized spacial score (nSPS) is 12.7. The summed E-state index contributed by atoms with van der Waals surface area (Å²) in [7, 11) is 1.93. The van der Waals surface area contributed by atoms with Crippen molar-refractivity contribution in [2.24, 2.45) is 0 Å². The van der Waals surface area contributed by atoms with Crippen LogP contribution in [0.1, 0.15) is 40.6 Å². The molecule has 0 saturated heterocycles. The molecule has 9 nitrogen and oxygen atoms in total. The number of hydrogen-bond donors (Lipinski definition) is 1. The molecule has 2 aromatic heterocycles. The van der Waals surface area contributed by atoms with E-state index < -0.39 is 0 Å². The summed E-state index contributed by atoms with van der Waals surface area (Å²) in [6.07, 6.45) is 0. The third-order valence-electron chi connectivity index (χ3n) is 8.02. The molecule has 3 heterocycles. The molecule has 1 N–H and O–H groups in total. The van der Waals surface area contributed by atoms with E-state index >= 15 is 0 Å².